The van der Waals surface area contributed by atoms with E-state index in [9.17, 15) is 4.79 Å². The van der Waals surface area contributed by atoms with Crippen molar-refractivity contribution in [3.05, 3.63) is 29.8 Å². The van der Waals surface area contributed by atoms with Crippen molar-refractivity contribution >= 4 is 12.1 Å². The van der Waals surface area contributed by atoms with Crippen molar-refractivity contribution in [1.82, 2.24) is 10.6 Å². The number of nitrogens with one attached hydrogen (secondary N) is 2. The molecular weight excluding hydrogens is 292 g/mol. The van der Waals surface area contributed by atoms with Gasteiger partial charge in [0.1, 0.15) is 13.2 Å². The summed E-state index contributed by atoms with van der Waals surface area (Å²) in [7, 11) is 0. The van der Waals surface area contributed by atoms with Crippen molar-refractivity contribution in [2.24, 2.45) is 0 Å². The number of hydrogen-bond donors (Lipinski definition) is 2. The molecule has 5 nitrogen and oxygen atoms in total. The van der Waals surface area contributed by atoms with E-state index in [4.69, 9.17) is 9.47 Å². The van der Waals surface area contributed by atoms with Gasteiger partial charge in [-0.25, -0.2) is 4.79 Å². The number of ether oxygens (including phenoxy) is 2. The molecule has 0 aromatic heterocycles. The molecular formula is C18H24N2O3. The molecule has 1 fully saturated rings. The first kappa shape index (κ1) is 15.7. The minimum absolute atomic E-state index is 0.0513. The number of urea groups is 1. The molecule has 0 unspecified atom stereocenters. The molecule has 1 aliphatic heterocycles. The summed E-state index contributed by atoms with van der Waals surface area (Å²) in [5.74, 6) is 1.60. The van der Waals surface area contributed by atoms with Crippen LogP contribution in [0.1, 0.15) is 37.7 Å². The molecule has 5 heteroatoms. The first-order chi connectivity index (χ1) is 11.3. The van der Waals surface area contributed by atoms with E-state index in [1.807, 2.05) is 24.3 Å². The highest BCUT2D eigenvalue weighted by Crippen LogP contribution is 2.31. The van der Waals surface area contributed by atoms with E-state index in [1.54, 1.807) is 0 Å². The molecule has 3 rings (SSSR count). The van der Waals surface area contributed by atoms with Gasteiger partial charge < -0.3 is 20.1 Å². The summed E-state index contributed by atoms with van der Waals surface area (Å²) in [5.41, 5.74) is 1.07. The molecule has 1 saturated carbocycles. The van der Waals surface area contributed by atoms with Crippen LogP contribution in [0.3, 0.4) is 0 Å². The monoisotopic (exact) mass is 316 g/mol. The van der Waals surface area contributed by atoms with Gasteiger partial charge in [0.05, 0.1) is 0 Å². The number of carbonyl (C=O) groups is 1. The molecule has 0 spiro atoms. The van der Waals surface area contributed by atoms with Crippen LogP contribution in [0.15, 0.2) is 24.3 Å². The molecule has 2 N–H and O–H groups in total. The van der Waals surface area contributed by atoms with Crippen LogP contribution in [0.2, 0.25) is 0 Å². The SMILES string of the molecule is O=C(NCC/C=C/c1ccc2c(c1)OCCO2)NC1CCCC1. The second kappa shape index (κ2) is 7.90. The zero-order valence-corrected chi connectivity index (χ0v) is 13.3. The second-order valence-corrected chi connectivity index (χ2v) is 5.98. The van der Waals surface area contributed by atoms with Gasteiger partial charge in [-0.3, -0.25) is 0 Å². The minimum atomic E-state index is -0.0513. The normalized spacial score (nSPS) is 17.4. The Morgan fingerprint density at radius 3 is 2.78 bits per heavy atom. The zero-order valence-electron chi connectivity index (χ0n) is 13.3. The van der Waals surface area contributed by atoms with E-state index in [0.29, 0.717) is 25.8 Å². The van der Waals surface area contributed by atoms with Crippen LogP contribution in [-0.4, -0.2) is 31.8 Å². The summed E-state index contributed by atoms with van der Waals surface area (Å²) in [5, 5.41) is 5.92. The Labute approximate surface area is 137 Å². The van der Waals surface area contributed by atoms with E-state index >= 15 is 0 Å². The van der Waals surface area contributed by atoms with Gasteiger partial charge in [0.15, 0.2) is 11.5 Å². The smallest absolute Gasteiger partial charge is 0.315 e. The lowest BCUT2D eigenvalue weighted by Crippen LogP contribution is -2.41. The van der Waals surface area contributed by atoms with Crippen LogP contribution in [-0.2, 0) is 0 Å². The van der Waals surface area contributed by atoms with Gasteiger partial charge in [-0.15, -0.1) is 0 Å². The fraction of sp³-hybridized carbons (Fsp3) is 0.500. The average molecular weight is 316 g/mol. The zero-order chi connectivity index (χ0) is 15.9. The standard InChI is InChI=1S/C18H24N2O3/c21-18(20-15-6-1-2-7-15)19-10-4-3-5-14-8-9-16-17(13-14)23-12-11-22-16/h3,5,8-9,13,15H,1-2,4,6-7,10-12H2,(H2,19,20,21)/b5-3+. The van der Waals surface area contributed by atoms with Crippen LogP contribution >= 0.6 is 0 Å². The maximum Gasteiger partial charge on any atom is 0.315 e. The number of carbonyl (C=O) groups excluding carboxylic acids is 1. The third-order valence-electron chi connectivity index (χ3n) is 4.16. The van der Waals surface area contributed by atoms with Crippen LogP contribution < -0.4 is 20.1 Å². The molecule has 0 bridgehead atoms. The van der Waals surface area contributed by atoms with Crippen molar-refractivity contribution in [3.8, 4) is 11.5 Å². The summed E-state index contributed by atoms with van der Waals surface area (Å²) in [6.45, 7) is 1.84. The van der Waals surface area contributed by atoms with Crippen molar-refractivity contribution in [3.63, 3.8) is 0 Å². The van der Waals surface area contributed by atoms with E-state index < -0.39 is 0 Å². The minimum Gasteiger partial charge on any atom is -0.486 e. The van der Waals surface area contributed by atoms with E-state index in [-0.39, 0.29) is 6.03 Å². The Morgan fingerprint density at radius 1 is 1.17 bits per heavy atom. The summed E-state index contributed by atoms with van der Waals surface area (Å²) < 4.78 is 11.1. The first-order valence-corrected chi connectivity index (χ1v) is 8.42. The van der Waals surface area contributed by atoms with Gasteiger partial charge in [-0.1, -0.05) is 31.1 Å². The largest absolute Gasteiger partial charge is 0.486 e. The number of benzene rings is 1. The molecule has 1 aromatic rings. The highest BCUT2D eigenvalue weighted by molar-refractivity contribution is 5.74. The lowest BCUT2D eigenvalue weighted by atomic mass is 10.1. The number of rotatable bonds is 5. The van der Waals surface area contributed by atoms with Crippen LogP contribution in [0.25, 0.3) is 6.08 Å². The topological polar surface area (TPSA) is 59.6 Å². The van der Waals surface area contributed by atoms with Gasteiger partial charge in [0.2, 0.25) is 0 Å². The van der Waals surface area contributed by atoms with Gasteiger partial charge in [0, 0.05) is 12.6 Å². The van der Waals surface area contributed by atoms with Gasteiger partial charge in [0.25, 0.3) is 0 Å². The first-order valence-electron chi connectivity index (χ1n) is 8.42. The quantitative estimate of drug-likeness (QED) is 0.821. The Bertz CT molecular complexity index is 565. The molecule has 2 aliphatic rings. The number of amides is 2. The number of fused-ring (bicyclic) bond motifs is 1. The fourth-order valence-electron chi connectivity index (χ4n) is 2.96. The molecule has 2 amide bonds. The maximum atomic E-state index is 11.7. The highest BCUT2D eigenvalue weighted by atomic mass is 16.6. The van der Waals surface area contributed by atoms with Gasteiger partial charge in [-0.2, -0.15) is 0 Å². The molecule has 0 atom stereocenters. The summed E-state index contributed by atoms with van der Waals surface area (Å²) in [6.07, 6.45) is 9.56. The third kappa shape index (κ3) is 4.65. The third-order valence-corrected chi connectivity index (χ3v) is 4.16. The van der Waals surface area contributed by atoms with Crippen LogP contribution in [0, 0.1) is 0 Å². The van der Waals surface area contributed by atoms with E-state index in [0.717, 1.165) is 36.3 Å². The lowest BCUT2D eigenvalue weighted by Gasteiger charge is -2.18. The Morgan fingerprint density at radius 2 is 1.96 bits per heavy atom. The Kier molecular flexibility index (Phi) is 5.40. The van der Waals surface area contributed by atoms with Crippen molar-refractivity contribution in [1.29, 1.82) is 0 Å². The predicted molar refractivity (Wildman–Crippen MR) is 89.9 cm³/mol. The molecule has 1 aliphatic carbocycles. The summed E-state index contributed by atoms with van der Waals surface area (Å²) in [6, 6.07) is 6.23. The van der Waals surface area contributed by atoms with Gasteiger partial charge >= 0.3 is 6.03 Å². The Balaban J connectivity index is 1.38. The molecule has 0 radical (unpaired) electrons. The van der Waals surface area contributed by atoms with Crippen molar-refractivity contribution < 1.29 is 14.3 Å². The molecule has 0 saturated heterocycles. The molecule has 124 valence electrons. The molecule has 1 heterocycles. The second-order valence-electron chi connectivity index (χ2n) is 5.98. The van der Waals surface area contributed by atoms with E-state index in [2.05, 4.69) is 16.7 Å². The van der Waals surface area contributed by atoms with Crippen molar-refractivity contribution in [2.45, 2.75) is 38.1 Å². The van der Waals surface area contributed by atoms with Crippen LogP contribution in [0.5, 0.6) is 11.5 Å². The summed E-state index contributed by atoms with van der Waals surface area (Å²) >= 11 is 0. The lowest BCUT2D eigenvalue weighted by molar-refractivity contribution is 0.171. The van der Waals surface area contributed by atoms with Crippen LogP contribution in [0.4, 0.5) is 4.79 Å². The number of hydrogen-bond acceptors (Lipinski definition) is 3. The molecule has 1 aromatic carbocycles. The fourth-order valence-corrected chi connectivity index (χ4v) is 2.96. The average Bonchev–Trinajstić information content (AvgIpc) is 3.07. The van der Waals surface area contributed by atoms with Crippen molar-refractivity contribution in [2.75, 3.05) is 19.8 Å². The maximum absolute atomic E-state index is 11.7. The van der Waals surface area contributed by atoms with E-state index in [1.165, 1.54) is 12.8 Å². The molecule has 23 heavy (non-hydrogen) atoms. The predicted octanol–water partition coefficient (Wildman–Crippen LogP) is 3.10. The van der Waals surface area contributed by atoms with Gasteiger partial charge in [-0.05, 0) is 37.0 Å². The Hall–Kier alpha value is -2.17. The summed E-state index contributed by atoms with van der Waals surface area (Å²) in [4.78, 5) is 11.7. The highest BCUT2D eigenvalue weighted by Gasteiger charge is 2.16.